The molecule has 0 unspecified atom stereocenters. The summed E-state index contributed by atoms with van der Waals surface area (Å²) in [6, 6.07) is 13.7. The first-order valence-corrected chi connectivity index (χ1v) is 7.61. The molecule has 1 heterocycles. The summed E-state index contributed by atoms with van der Waals surface area (Å²) in [5.41, 5.74) is 0.963. The number of fused-ring (bicyclic) bond motifs is 1. The highest BCUT2D eigenvalue weighted by Gasteiger charge is 2.23. The lowest BCUT2D eigenvalue weighted by molar-refractivity contribution is -0.124. The van der Waals surface area contributed by atoms with Crippen molar-refractivity contribution in [3.8, 4) is 11.5 Å². The van der Waals surface area contributed by atoms with E-state index in [1.807, 2.05) is 24.3 Å². The largest absolute Gasteiger partial charge is 0.493 e. The van der Waals surface area contributed by atoms with Crippen molar-refractivity contribution >= 4 is 11.9 Å². The number of amides is 1. The molecule has 1 aliphatic heterocycles. The molecule has 6 nitrogen and oxygen atoms in total. The Labute approximate surface area is 139 Å². The van der Waals surface area contributed by atoms with Gasteiger partial charge in [0.15, 0.2) is 6.61 Å². The molecule has 0 saturated heterocycles. The number of rotatable bonds is 5. The second kappa shape index (κ2) is 7.04. The average Bonchev–Trinajstić information content (AvgIpc) is 2.60. The van der Waals surface area contributed by atoms with Crippen molar-refractivity contribution in [2.45, 2.75) is 12.5 Å². The molecule has 0 saturated carbocycles. The maximum atomic E-state index is 12.2. The number of carbonyl (C=O) groups excluding carboxylic acids is 1. The van der Waals surface area contributed by atoms with Gasteiger partial charge < -0.3 is 19.9 Å². The minimum Gasteiger partial charge on any atom is -0.493 e. The lowest BCUT2D eigenvalue weighted by Gasteiger charge is -2.26. The van der Waals surface area contributed by atoms with Crippen LogP contribution in [-0.2, 0) is 4.79 Å². The highest BCUT2D eigenvalue weighted by atomic mass is 16.5. The monoisotopic (exact) mass is 327 g/mol. The Morgan fingerprint density at radius 3 is 2.75 bits per heavy atom. The van der Waals surface area contributed by atoms with Gasteiger partial charge in [-0.2, -0.15) is 0 Å². The molecule has 6 heteroatoms. The molecule has 0 bridgehead atoms. The number of aromatic carboxylic acids is 1. The van der Waals surface area contributed by atoms with Crippen LogP contribution in [0.25, 0.3) is 0 Å². The van der Waals surface area contributed by atoms with E-state index in [4.69, 9.17) is 14.6 Å². The number of benzene rings is 2. The Bertz CT molecular complexity index is 759. The normalized spacial score (nSPS) is 15.8. The number of carboxylic acid groups (broad SMARTS) is 1. The Morgan fingerprint density at radius 2 is 1.92 bits per heavy atom. The van der Waals surface area contributed by atoms with Crippen LogP contribution in [0.15, 0.2) is 48.5 Å². The molecule has 124 valence electrons. The second-order valence-corrected chi connectivity index (χ2v) is 5.39. The van der Waals surface area contributed by atoms with Crippen LogP contribution >= 0.6 is 0 Å². The van der Waals surface area contributed by atoms with Gasteiger partial charge in [-0.15, -0.1) is 0 Å². The lowest BCUT2D eigenvalue weighted by Crippen LogP contribution is -2.35. The van der Waals surface area contributed by atoms with Crippen molar-refractivity contribution in [2.75, 3.05) is 13.2 Å². The van der Waals surface area contributed by atoms with Crippen molar-refractivity contribution in [2.24, 2.45) is 0 Å². The number of hydrogen-bond donors (Lipinski definition) is 2. The number of nitrogens with one attached hydrogen (secondary N) is 1. The van der Waals surface area contributed by atoms with E-state index >= 15 is 0 Å². The van der Waals surface area contributed by atoms with Crippen molar-refractivity contribution in [3.05, 3.63) is 59.7 Å². The molecule has 0 aliphatic carbocycles. The Hall–Kier alpha value is -3.02. The summed E-state index contributed by atoms with van der Waals surface area (Å²) < 4.78 is 10.9. The van der Waals surface area contributed by atoms with Crippen molar-refractivity contribution in [1.29, 1.82) is 0 Å². The van der Waals surface area contributed by atoms with Gasteiger partial charge in [0.05, 0.1) is 12.6 Å². The van der Waals surface area contributed by atoms with E-state index in [2.05, 4.69) is 5.32 Å². The fourth-order valence-corrected chi connectivity index (χ4v) is 2.64. The van der Waals surface area contributed by atoms with Gasteiger partial charge in [0.25, 0.3) is 5.91 Å². The fraction of sp³-hybridized carbons (Fsp3) is 0.222. The number of hydrogen-bond acceptors (Lipinski definition) is 4. The van der Waals surface area contributed by atoms with E-state index in [9.17, 15) is 9.59 Å². The molecule has 2 N–H and O–H groups in total. The first-order chi connectivity index (χ1) is 11.6. The third kappa shape index (κ3) is 3.48. The average molecular weight is 327 g/mol. The van der Waals surface area contributed by atoms with E-state index < -0.39 is 5.97 Å². The van der Waals surface area contributed by atoms with E-state index in [0.717, 1.165) is 11.3 Å². The summed E-state index contributed by atoms with van der Waals surface area (Å²) in [6.45, 7) is 0.286. The smallest absolute Gasteiger partial charge is 0.339 e. The van der Waals surface area contributed by atoms with Crippen molar-refractivity contribution in [1.82, 2.24) is 5.32 Å². The molecule has 0 aromatic heterocycles. The molecule has 0 spiro atoms. The topological polar surface area (TPSA) is 84.9 Å². The van der Waals surface area contributed by atoms with Crippen LogP contribution in [0.4, 0.5) is 0 Å². The van der Waals surface area contributed by atoms with E-state index in [-0.39, 0.29) is 29.9 Å². The zero-order chi connectivity index (χ0) is 16.9. The molecular formula is C18H17NO5. The zero-order valence-corrected chi connectivity index (χ0v) is 12.9. The quantitative estimate of drug-likeness (QED) is 0.881. The maximum absolute atomic E-state index is 12.2. The molecule has 24 heavy (non-hydrogen) atoms. The highest BCUT2D eigenvalue weighted by molar-refractivity contribution is 5.91. The fourth-order valence-electron chi connectivity index (χ4n) is 2.64. The summed E-state index contributed by atoms with van der Waals surface area (Å²) in [5.74, 6) is -0.458. The van der Waals surface area contributed by atoms with Crippen LogP contribution in [0.2, 0.25) is 0 Å². The molecule has 0 radical (unpaired) electrons. The van der Waals surface area contributed by atoms with Crippen LogP contribution in [-0.4, -0.2) is 30.2 Å². The van der Waals surface area contributed by atoms with Gasteiger partial charge in [-0.25, -0.2) is 4.79 Å². The van der Waals surface area contributed by atoms with Crippen LogP contribution < -0.4 is 14.8 Å². The van der Waals surface area contributed by atoms with Gasteiger partial charge >= 0.3 is 5.97 Å². The lowest BCUT2D eigenvalue weighted by atomic mass is 10.0. The first kappa shape index (κ1) is 15.9. The molecule has 1 amide bonds. The summed E-state index contributed by atoms with van der Waals surface area (Å²) in [6.07, 6.45) is 0.675. The van der Waals surface area contributed by atoms with Crippen molar-refractivity contribution in [3.63, 3.8) is 0 Å². The number of carboxylic acids is 1. The Kier molecular flexibility index (Phi) is 4.65. The Morgan fingerprint density at radius 1 is 1.17 bits per heavy atom. The van der Waals surface area contributed by atoms with Gasteiger partial charge in [0.1, 0.15) is 17.1 Å². The molecule has 1 aliphatic rings. The first-order valence-electron chi connectivity index (χ1n) is 7.61. The van der Waals surface area contributed by atoms with E-state index in [1.54, 1.807) is 12.1 Å². The maximum Gasteiger partial charge on any atom is 0.339 e. The third-order valence-electron chi connectivity index (χ3n) is 3.77. The van der Waals surface area contributed by atoms with Crippen LogP contribution in [0.1, 0.15) is 28.4 Å². The van der Waals surface area contributed by atoms with Gasteiger partial charge in [0, 0.05) is 12.0 Å². The highest BCUT2D eigenvalue weighted by Crippen LogP contribution is 2.31. The predicted molar refractivity (Wildman–Crippen MR) is 86.3 cm³/mol. The van der Waals surface area contributed by atoms with Crippen LogP contribution in [0, 0.1) is 0 Å². The molecule has 2 aromatic rings. The number of carbonyl (C=O) groups is 2. The SMILES string of the molecule is O=C(COc1ccccc1C(=O)O)N[C@@H]1CCOc2ccccc21. The van der Waals surface area contributed by atoms with Gasteiger partial charge in [-0.3, -0.25) is 4.79 Å². The molecule has 1 atom stereocenters. The minimum absolute atomic E-state index is 0.0294. The van der Waals surface area contributed by atoms with E-state index in [1.165, 1.54) is 12.1 Å². The number of para-hydroxylation sites is 2. The van der Waals surface area contributed by atoms with Gasteiger partial charge in [0.2, 0.25) is 0 Å². The minimum atomic E-state index is -1.09. The third-order valence-corrected chi connectivity index (χ3v) is 3.77. The summed E-state index contributed by atoms with van der Waals surface area (Å²) in [7, 11) is 0. The summed E-state index contributed by atoms with van der Waals surface area (Å²) in [5, 5.41) is 12.0. The number of ether oxygens (including phenoxy) is 2. The summed E-state index contributed by atoms with van der Waals surface area (Å²) in [4.78, 5) is 23.3. The van der Waals surface area contributed by atoms with Crippen molar-refractivity contribution < 1.29 is 24.2 Å². The van der Waals surface area contributed by atoms with Crippen LogP contribution in [0.3, 0.4) is 0 Å². The summed E-state index contributed by atoms with van der Waals surface area (Å²) >= 11 is 0. The predicted octanol–water partition coefficient (Wildman–Crippen LogP) is 2.40. The molecule has 0 fully saturated rings. The Balaban J connectivity index is 1.62. The molecule has 3 rings (SSSR count). The van der Waals surface area contributed by atoms with Crippen LogP contribution in [0.5, 0.6) is 11.5 Å². The zero-order valence-electron chi connectivity index (χ0n) is 12.9. The van der Waals surface area contributed by atoms with Gasteiger partial charge in [-0.05, 0) is 18.2 Å². The second-order valence-electron chi connectivity index (χ2n) is 5.39. The standard InChI is InChI=1S/C18H17NO5/c20-17(11-24-16-8-4-2-6-13(16)18(21)22)19-14-9-10-23-15-7-3-1-5-12(14)15/h1-8,14H,9-11H2,(H,19,20)(H,21,22)/t14-/m1/s1. The molecular weight excluding hydrogens is 310 g/mol. The molecule has 2 aromatic carbocycles. The van der Waals surface area contributed by atoms with E-state index in [0.29, 0.717) is 13.0 Å². The van der Waals surface area contributed by atoms with Gasteiger partial charge in [-0.1, -0.05) is 30.3 Å².